The van der Waals surface area contributed by atoms with Crippen LogP contribution in [-0.4, -0.2) is 64.1 Å². The summed E-state index contributed by atoms with van der Waals surface area (Å²) in [5.41, 5.74) is 0.796. The minimum absolute atomic E-state index is 0.00581. The average Bonchev–Trinajstić information content (AvgIpc) is 2.96. The van der Waals surface area contributed by atoms with E-state index in [1.54, 1.807) is 7.05 Å². The second-order valence-electron chi connectivity index (χ2n) is 10.2. The second-order valence-corrected chi connectivity index (χ2v) is 11.9. The van der Waals surface area contributed by atoms with E-state index >= 15 is 0 Å². The monoisotopic (exact) mass is 635 g/mol. The summed E-state index contributed by atoms with van der Waals surface area (Å²) in [5, 5.41) is 7.25. The number of hydrogen-bond donors (Lipinski definition) is 3. The maximum atomic E-state index is 13.1. The van der Waals surface area contributed by atoms with E-state index in [4.69, 9.17) is 0 Å². The molecule has 1 aliphatic rings. The number of halogens is 6. The Morgan fingerprint density at radius 3 is 2.14 bits per heavy atom. The van der Waals surface area contributed by atoms with Crippen molar-refractivity contribution in [2.75, 3.05) is 44.0 Å². The van der Waals surface area contributed by atoms with Crippen LogP contribution in [0.25, 0.3) is 10.9 Å². The standard InChI is InChI=1S/C27H31F6N5O4S/c1-34-24-20-4-2-3-5-21(20)37-25(38-24)35-13-17-6-8-18(9-7-17)14-36-43(39,40)23-12-19(41-15-26(28,29)30)10-11-22(23)42-16-27(31,32)33/h2-5,10-12,17-18,36H,6-9,13-16H2,1H3,(H2,34,35,37,38). The number of nitrogens with one attached hydrogen (secondary N) is 3. The number of sulfonamides is 1. The molecule has 0 bridgehead atoms. The molecular weight excluding hydrogens is 604 g/mol. The van der Waals surface area contributed by atoms with Gasteiger partial charge in [0.25, 0.3) is 0 Å². The number of fused-ring (bicyclic) bond motifs is 1. The molecule has 0 saturated heterocycles. The summed E-state index contributed by atoms with van der Waals surface area (Å²) in [6, 6.07) is 10.1. The van der Waals surface area contributed by atoms with E-state index in [9.17, 15) is 34.8 Å². The Morgan fingerprint density at radius 1 is 0.860 bits per heavy atom. The smallest absolute Gasteiger partial charge is 0.422 e. The zero-order chi connectivity index (χ0) is 31.3. The Balaban J connectivity index is 1.34. The molecular formula is C27H31F6N5O4S. The fourth-order valence-corrected chi connectivity index (χ4v) is 6.03. The number of anilines is 2. The minimum atomic E-state index is -4.76. The lowest BCUT2D eigenvalue weighted by Gasteiger charge is -2.29. The van der Waals surface area contributed by atoms with E-state index in [2.05, 4.69) is 34.8 Å². The van der Waals surface area contributed by atoms with Gasteiger partial charge in [0.15, 0.2) is 13.2 Å². The molecule has 0 unspecified atom stereocenters. The highest BCUT2D eigenvalue weighted by atomic mass is 32.2. The summed E-state index contributed by atoms with van der Waals surface area (Å²) in [6.07, 6.45) is -6.53. The van der Waals surface area contributed by atoms with E-state index in [1.165, 1.54) is 0 Å². The van der Waals surface area contributed by atoms with Crippen LogP contribution in [0.1, 0.15) is 25.7 Å². The molecule has 2 aromatic carbocycles. The summed E-state index contributed by atoms with van der Waals surface area (Å²) in [5.74, 6) is 0.281. The molecule has 3 N–H and O–H groups in total. The van der Waals surface area contributed by atoms with E-state index < -0.39 is 52.0 Å². The summed E-state index contributed by atoms with van der Waals surface area (Å²) < 4.78 is 114. The van der Waals surface area contributed by atoms with Gasteiger partial charge >= 0.3 is 12.4 Å². The van der Waals surface area contributed by atoms with Crippen molar-refractivity contribution in [3.63, 3.8) is 0 Å². The molecule has 16 heteroatoms. The quantitative estimate of drug-likeness (QED) is 0.216. The molecule has 3 aromatic rings. The van der Waals surface area contributed by atoms with E-state index in [0.717, 1.165) is 41.9 Å². The zero-order valence-corrected chi connectivity index (χ0v) is 23.9. The van der Waals surface area contributed by atoms with Gasteiger partial charge in [0.1, 0.15) is 22.2 Å². The van der Waals surface area contributed by atoms with Crippen molar-refractivity contribution in [2.45, 2.75) is 42.9 Å². The van der Waals surface area contributed by atoms with Gasteiger partial charge in [-0.2, -0.15) is 31.3 Å². The Labute approximate surface area is 244 Å². The molecule has 1 aromatic heterocycles. The number of benzene rings is 2. The topological polar surface area (TPSA) is 114 Å². The SMILES string of the molecule is CNc1nc(NCC2CCC(CNS(=O)(=O)c3cc(OCC(F)(F)F)ccc3OCC(F)(F)F)CC2)nc2ccccc12. The summed E-state index contributed by atoms with van der Waals surface area (Å²) >= 11 is 0. The first-order valence-electron chi connectivity index (χ1n) is 13.4. The lowest BCUT2D eigenvalue weighted by molar-refractivity contribution is -0.154. The second kappa shape index (κ2) is 13.4. The third-order valence-corrected chi connectivity index (χ3v) is 8.36. The molecule has 0 atom stereocenters. The van der Waals surface area contributed by atoms with Crippen LogP contribution in [0.5, 0.6) is 11.5 Å². The van der Waals surface area contributed by atoms with Gasteiger partial charge in [0, 0.05) is 31.6 Å². The van der Waals surface area contributed by atoms with Crippen LogP contribution in [0.3, 0.4) is 0 Å². The number of hydrogen-bond acceptors (Lipinski definition) is 8. The van der Waals surface area contributed by atoms with Crippen LogP contribution in [0.15, 0.2) is 47.4 Å². The maximum absolute atomic E-state index is 13.1. The van der Waals surface area contributed by atoms with Gasteiger partial charge in [-0.1, -0.05) is 12.1 Å². The highest BCUT2D eigenvalue weighted by molar-refractivity contribution is 7.89. The Morgan fingerprint density at radius 2 is 1.49 bits per heavy atom. The van der Waals surface area contributed by atoms with Crippen molar-refractivity contribution < 1.29 is 44.2 Å². The highest BCUT2D eigenvalue weighted by Crippen LogP contribution is 2.33. The highest BCUT2D eigenvalue weighted by Gasteiger charge is 2.32. The van der Waals surface area contributed by atoms with Crippen LogP contribution in [0, 0.1) is 11.8 Å². The number of nitrogens with zero attached hydrogens (tertiary/aromatic N) is 2. The van der Waals surface area contributed by atoms with Crippen LogP contribution in [0.2, 0.25) is 0 Å². The van der Waals surface area contributed by atoms with Gasteiger partial charge in [-0.25, -0.2) is 18.1 Å². The Kier molecular flexibility index (Phi) is 10.1. The van der Waals surface area contributed by atoms with Gasteiger partial charge in [-0.05, 0) is 61.8 Å². The molecule has 0 amide bonds. The normalized spacial score (nSPS) is 17.9. The summed E-state index contributed by atoms with van der Waals surface area (Å²) in [7, 11) is -2.68. The maximum Gasteiger partial charge on any atom is 0.422 e. The molecule has 0 aliphatic heterocycles. The van der Waals surface area contributed by atoms with Crippen molar-refractivity contribution in [1.82, 2.24) is 14.7 Å². The molecule has 1 aliphatic carbocycles. The van der Waals surface area contributed by atoms with Gasteiger partial charge in [0.05, 0.1) is 5.52 Å². The number of ether oxygens (including phenoxy) is 2. The molecule has 1 fully saturated rings. The first-order valence-corrected chi connectivity index (χ1v) is 14.9. The molecule has 0 spiro atoms. The third kappa shape index (κ3) is 9.48. The molecule has 0 radical (unpaired) electrons. The number of para-hydroxylation sites is 1. The van der Waals surface area contributed by atoms with Gasteiger partial charge in [-0.3, -0.25) is 0 Å². The zero-order valence-electron chi connectivity index (χ0n) is 23.1. The molecule has 1 saturated carbocycles. The van der Waals surface area contributed by atoms with E-state index in [0.29, 0.717) is 31.2 Å². The van der Waals surface area contributed by atoms with Gasteiger partial charge < -0.3 is 20.1 Å². The lowest BCUT2D eigenvalue weighted by Crippen LogP contribution is -2.33. The molecule has 43 heavy (non-hydrogen) atoms. The number of alkyl halides is 6. The van der Waals surface area contributed by atoms with Crippen molar-refractivity contribution in [1.29, 1.82) is 0 Å². The number of rotatable bonds is 12. The minimum Gasteiger partial charge on any atom is -0.484 e. The first kappa shape index (κ1) is 32.4. The van der Waals surface area contributed by atoms with E-state index in [-0.39, 0.29) is 18.4 Å². The lowest BCUT2D eigenvalue weighted by atomic mass is 9.82. The van der Waals surface area contributed by atoms with Crippen molar-refractivity contribution in [3.05, 3.63) is 42.5 Å². The molecule has 1 heterocycles. The Bertz CT molecular complexity index is 1500. The van der Waals surface area contributed by atoms with Gasteiger partial charge in [-0.15, -0.1) is 0 Å². The van der Waals surface area contributed by atoms with Crippen LogP contribution in [-0.2, 0) is 10.0 Å². The van der Waals surface area contributed by atoms with Crippen LogP contribution in [0.4, 0.5) is 38.1 Å². The summed E-state index contributed by atoms with van der Waals surface area (Å²) in [6.45, 7) is -2.88. The Hall–Kier alpha value is -3.53. The molecule has 9 nitrogen and oxygen atoms in total. The molecule has 4 rings (SSSR count). The molecule has 236 valence electrons. The predicted molar refractivity (Wildman–Crippen MR) is 148 cm³/mol. The first-order chi connectivity index (χ1) is 20.2. The predicted octanol–water partition coefficient (Wildman–Crippen LogP) is 5.75. The van der Waals surface area contributed by atoms with E-state index in [1.807, 2.05) is 24.3 Å². The number of aromatic nitrogens is 2. The van der Waals surface area contributed by atoms with Crippen molar-refractivity contribution >= 4 is 32.7 Å². The van der Waals surface area contributed by atoms with Crippen molar-refractivity contribution in [3.8, 4) is 11.5 Å². The average molecular weight is 636 g/mol. The largest absolute Gasteiger partial charge is 0.484 e. The fraction of sp³-hybridized carbons (Fsp3) is 0.481. The van der Waals surface area contributed by atoms with Crippen LogP contribution >= 0.6 is 0 Å². The fourth-order valence-electron chi connectivity index (χ4n) is 4.76. The third-order valence-electron chi connectivity index (χ3n) is 6.92. The van der Waals surface area contributed by atoms with Crippen molar-refractivity contribution in [2.24, 2.45) is 11.8 Å². The van der Waals surface area contributed by atoms with Gasteiger partial charge in [0.2, 0.25) is 16.0 Å². The van der Waals surface area contributed by atoms with Crippen LogP contribution < -0.4 is 24.8 Å². The summed E-state index contributed by atoms with van der Waals surface area (Å²) in [4.78, 5) is 8.33.